The van der Waals surface area contributed by atoms with Crippen molar-refractivity contribution in [2.24, 2.45) is 0 Å². The maximum Gasteiger partial charge on any atom is 0.247 e. The van der Waals surface area contributed by atoms with Crippen molar-refractivity contribution in [3.8, 4) is 6.07 Å². The fraction of sp³-hybridized carbons (Fsp3) is 0.421. The standard InChI is InChI=1S/C19H23N3O3/c1-13-9-16(25-22-13)11-24-12-18(23)21-17(10-20)14-5-7-15(8-6-14)19(2,3)4/h5-9,17H,11-12H2,1-4H3,(H,21,23)/t17-/m1/s1. The summed E-state index contributed by atoms with van der Waals surface area (Å²) in [5.74, 6) is 0.197. The van der Waals surface area contributed by atoms with Gasteiger partial charge in [0.1, 0.15) is 19.3 Å². The highest BCUT2D eigenvalue weighted by atomic mass is 16.5. The third kappa shape index (κ3) is 5.44. The van der Waals surface area contributed by atoms with Crippen LogP contribution in [-0.4, -0.2) is 17.7 Å². The Hall–Kier alpha value is -2.65. The summed E-state index contributed by atoms with van der Waals surface area (Å²) in [6.07, 6.45) is 0. The van der Waals surface area contributed by atoms with Crippen LogP contribution >= 0.6 is 0 Å². The molecule has 1 aromatic carbocycles. The summed E-state index contributed by atoms with van der Waals surface area (Å²) in [6.45, 7) is 8.18. The fourth-order valence-corrected chi connectivity index (χ4v) is 2.30. The average molecular weight is 341 g/mol. The van der Waals surface area contributed by atoms with Crippen LogP contribution in [0.5, 0.6) is 0 Å². The van der Waals surface area contributed by atoms with Crippen LogP contribution in [0.4, 0.5) is 0 Å². The zero-order chi connectivity index (χ0) is 18.4. The molecule has 0 spiro atoms. The second kappa shape index (κ2) is 7.95. The summed E-state index contributed by atoms with van der Waals surface area (Å²) in [6, 6.07) is 10.8. The molecule has 1 N–H and O–H groups in total. The number of benzene rings is 1. The minimum atomic E-state index is -0.711. The van der Waals surface area contributed by atoms with Crippen LogP contribution in [0.3, 0.4) is 0 Å². The van der Waals surface area contributed by atoms with E-state index in [0.29, 0.717) is 5.76 Å². The van der Waals surface area contributed by atoms with Crippen LogP contribution in [0, 0.1) is 18.3 Å². The first-order valence-corrected chi connectivity index (χ1v) is 8.09. The second-order valence-corrected chi connectivity index (χ2v) is 6.93. The second-order valence-electron chi connectivity index (χ2n) is 6.93. The number of amides is 1. The molecule has 2 aromatic rings. The maximum atomic E-state index is 12.0. The summed E-state index contributed by atoms with van der Waals surface area (Å²) in [5.41, 5.74) is 2.71. The van der Waals surface area contributed by atoms with Gasteiger partial charge in [0, 0.05) is 6.07 Å². The number of aryl methyl sites for hydroxylation is 1. The number of nitriles is 1. The maximum absolute atomic E-state index is 12.0. The fourth-order valence-electron chi connectivity index (χ4n) is 2.30. The molecular formula is C19H23N3O3. The first-order chi connectivity index (χ1) is 11.8. The highest BCUT2D eigenvalue weighted by Gasteiger charge is 2.17. The van der Waals surface area contributed by atoms with E-state index in [1.807, 2.05) is 31.2 Å². The lowest BCUT2D eigenvalue weighted by Crippen LogP contribution is -2.31. The first-order valence-electron chi connectivity index (χ1n) is 8.09. The van der Waals surface area contributed by atoms with Crippen LogP contribution in [0.2, 0.25) is 0 Å². The van der Waals surface area contributed by atoms with Crippen molar-refractivity contribution >= 4 is 5.91 Å². The van der Waals surface area contributed by atoms with Crippen molar-refractivity contribution < 1.29 is 14.1 Å². The lowest BCUT2D eigenvalue weighted by atomic mass is 9.86. The highest BCUT2D eigenvalue weighted by molar-refractivity contribution is 5.78. The van der Waals surface area contributed by atoms with E-state index in [2.05, 4.69) is 37.3 Å². The molecule has 1 heterocycles. The molecule has 0 aliphatic carbocycles. The third-order valence-corrected chi connectivity index (χ3v) is 3.70. The van der Waals surface area contributed by atoms with E-state index in [4.69, 9.17) is 9.26 Å². The Morgan fingerprint density at radius 1 is 1.36 bits per heavy atom. The van der Waals surface area contributed by atoms with E-state index in [-0.39, 0.29) is 24.5 Å². The molecule has 0 saturated heterocycles. The van der Waals surface area contributed by atoms with Gasteiger partial charge in [-0.3, -0.25) is 4.79 Å². The Balaban J connectivity index is 1.88. The minimum Gasteiger partial charge on any atom is -0.364 e. The van der Waals surface area contributed by atoms with E-state index >= 15 is 0 Å². The summed E-state index contributed by atoms with van der Waals surface area (Å²) in [5, 5.41) is 15.7. The Labute approximate surface area is 147 Å². The largest absolute Gasteiger partial charge is 0.364 e. The van der Waals surface area contributed by atoms with E-state index in [9.17, 15) is 10.1 Å². The molecular weight excluding hydrogens is 318 g/mol. The van der Waals surface area contributed by atoms with E-state index in [1.54, 1.807) is 6.07 Å². The van der Waals surface area contributed by atoms with Gasteiger partial charge in [0.25, 0.3) is 0 Å². The molecule has 0 radical (unpaired) electrons. The molecule has 6 heteroatoms. The third-order valence-electron chi connectivity index (χ3n) is 3.70. The van der Waals surface area contributed by atoms with Crippen LogP contribution < -0.4 is 5.32 Å². The molecule has 132 valence electrons. The predicted octanol–water partition coefficient (Wildman–Crippen LogP) is 3.18. The number of hydrogen-bond acceptors (Lipinski definition) is 5. The minimum absolute atomic E-state index is 0.0385. The molecule has 1 atom stereocenters. The predicted molar refractivity (Wildman–Crippen MR) is 92.5 cm³/mol. The normalized spacial score (nSPS) is 12.4. The SMILES string of the molecule is Cc1cc(COCC(=O)N[C@H](C#N)c2ccc(C(C)(C)C)cc2)on1. The molecule has 0 aliphatic rings. The van der Waals surface area contributed by atoms with Crippen molar-refractivity contribution in [3.05, 3.63) is 52.9 Å². The van der Waals surface area contributed by atoms with Crippen LogP contribution in [0.1, 0.15) is 49.4 Å². The van der Waals surface area contributed by atoms with Gasteiger partial charge in [0.15, 0.2) is 5.76 Å². The topological polar surface area (TPSA) is 88.1 Å². The van der Waals surface area contributed by atoms with Gasteiger partial charge >= 0.3 is 0 Å². The van der Waals surface area contributed by atoms with Crippen molar-refractivity contribution in [2.45, 2.75) is 45.8 Å². The van der Waals surface area contributed by atoms with Crippen LogP contribution in [0.15, 0.2) is 34.9 Å². The number of ether oxygens (including phenoxy) is 1. The molecule has 0 unspecified atom stereocenters. The Kier molecular flexibility index (Phi) is 5.94. The molecule has 0 bridgehead atoms. The Bertz CT molecular complexity index is 751. The first kappa shape index (κ1) is 18.7. The van der Waals surface area contributed by atoms with Crippen molar-refractivity contribution in [1.82, 2.24) is 10.5 Å². The summed E-state index contributed by atoms with van der Waals surface area (Å²) < 4.78 is 10.3. The number of nitrogens with one attached hydrogen (secondary N) is 1. The van der Waals surface area contributed by atoms with Crippen LogP contribution in [-0.2, 0) is 21.6 Å². The summed E-state index contributed by atoms with van der Waals surface area (Å²) in [7, 11) is 0. The molecule has 0 saturated carbocycles. The molecule has 1 amide bonds. The number of carbonyl (C=O) groups is 1. The van der Waals surface area contributed by atoms with E-state index in [0.717, 1.165) is 11.3 Å². The molecule has 6 nitrogen and oxygen atoms in total. The van der Waals surface area contributed by atoms with Gasteiger partial charge in [0.05, 0.1) is 11.8 Å². The average Bonchev–Trinajstić information content (AvgIpc) is 2.97. The van der Waals surface area contributed by atoms with E-state index < -0.39 is 6.04 Å². The van der Waals surface area contributed by atoms with Gasteiger partial charge in [-0.05, 0) is 23.5 Å². The van der Waals surface area contributed by atoms with E-state index in [1.165, 1.54) is 5.56 Å². The Morgan fingerprint density at radius 3 is 2.56 bits per heavy atom. The van der Waals surface area contributed by atoms with Crippen molar-refractivity contribution in [3.63, 3.8) is 0 Å². The molecule has 0 fully saturated rings. The molecule has 2 rings (SSSR count). The number of rotatable bonds is 6. The van der Waals surface area contributed by atoms with Gasteiger partial charge in [-0.25, -0.2) is 0 Å². The van der Waals surface area contributed by atoms with Crippen LogP contribution in [0.25, 0.3) is 0 Å². The van der Waals surface area contributed by atoms with Crippen molar-refractivity contribution in [1.29, 1.82) is 5.26 Å². The highest BCUT2D eigenvalue weighted by Crippen LogP contribution is 2.23. The quantitative estimate of drug-likeness (QED) is 0.872. The number of nitrogens with zero attached hydrogens (tertiary/aromatic N) is 2. The monoisotopic (exact) mass is 341 g/mol. The summed E-state index contributed by atoms with van der Waals surface area (Å²) >= 11 is 0. The smallest absolute Gasteiger partial charge is 0.247 e. The van der Waals surface area contributed by atoms with Gasteiger partial charge in [-0.1, -0.05) is 50.2 Å². The molecule has 0 aliphatic heterocycles. The van der Waals surface area contributed by atoms with Crippen molar-refractivity contribution in [2.75, 3.05) is 6.61 Å². The zero-order valence-electron chi connectivity index (χ0n) is 15.0. The molecule has 25 heavy (non-hydrogen) atoms. The lowest BCUT2D eigenvalue weighted by Gasteiger charge is -2.20. The molecule has 1 aromatic heterocycles. The number of aromatic nitrogens is 1. The Morgan fingerprint density at radius 2 is 2.04 bits per heavy atom. The number of carbonyl (C=O) groups excluding carboxylic acids is 1. The van der Waals surface area contributed by atoms with Gasteiger partial charge < -0.3 is 14.6 Å². The van der Waals surface area contributed by atoms with Gasteiger partial charge in [-0.15, -0.1) is 0 Å². The summed E-state index contributed by atoms with van der Waals surface area (Å²) in [4.78, 5) is 12.0. The van der Waals surface area contributed by atoms with Gasteiger partial charge in [0.2, 0.25) is 5.91 Å². The lowest BCUT2D eigenvalue weighted by molar-refractivity contribution is -0.126. The zero-order valence-corrected chi connectivity index (χ0v) is 15.0. The van der Waals surface area contributed by atoms with Gasteiger partial charge in [-0.2, -0.15) is 5.26 Å². The number of hydrogen-bond donors (Lipinski definition) is 1.